The Balaban J connectivity index is 1.57. The molecule has 4 rings (SSSR count). The fourth-order valence-corrected chi connectivity index (χ4v) is 3.83. The number of nitrogens with zero attached hydrogens (tertiary/aromatic N) is 4. The number of carbonyl (C=O) groups is 2. The van der Waals surface area contributed by atoms with Gasteiger partial charge in [0.1, 0.15) is 22.3 Å². The molecule has 3 aromatic rings. The number of alkyl halides is 3. The monoisotopic (exact) mass is 505 g/mol. The fraction of sp³-hybridized carbons (Fsp3) is 0.217. The number of anilines is 3. The first-order chi connectivity index (χ1) is 16.4. The number of amides is 3. The second-order valence-electron chi connectivity index (χ2n) is 8.16. The van der Waals surface area contributed by atoms with Gasteiger partial charge in [0.05, 0.1) is 17.6 Å². The van der Waals surface area contributed by atoms with Crippen molar-refractivity contribution < 1.29 is 27.5 Å². The Morgan fingerprint density at radius 1 is 1.11 bits per heavy atom. The van der Waals surface area contributed by atoms with Crippen molar-refractivity contribution in [1.29, 1.82) is 0 Å². The van der Waals surface area contributed by atoms with Crippen LogP contribution in [0.3, 0.4) is 0 Å². The zero-order chi connectivity index (χ0) is 25.4. The smallest absolute Gasteiger partial charge is 0.406 e. The van der Waals surface area contributed by atoms with Gasteiger partial charge in [-0.1, -0.05) is 11.6 Å². The summed E-state index contributed by atoms with van der Waals surface area (Å²) in [6.07, 6.45) is -1.62. The van der Waals surface area contributed by atoms with Gasteiger partial charge in [-0.05, 0) is 67.9 Å². The lowest BCUT2D eigenvalue weighted by Gasteiger charge is -2.28. The standard InChI is InChI=1S/C23H19ClF3N5O3/c1-22(2)20(33)32(16-5-7-17(8-6-16)35-23(25,26)27)21(34)31(22)13-14-10-18(24)30-19(11-14)29-15-4-3-9-28-12-15/h3-12H,13H2,1-2H3,(H,29,30). The first-order valence-electron chi connectivity index (χ1n) is 10.3. The van der Waals surface area contributed by atoms with Gasteiger partial charge in [-0.15, -0.1) is 13.2 Å². The molecule has 0 unspecified atom stereocenters. The zero-order valence-corrected chi connectivity index (χ0v) is 19.3. The summed E-state index contributed by atoms with van der Waals surface area (Å²) in [7, 11) is 0. The third kappa shape index (κ3) is 5.29. The highest BCUT2D eigenvalue weighted by molar-refractivity contribution is 6.29. The lowest BCUT2D eigenvalue weighted by atomic mass is 10.0. The summed E-state index contributed by atoms with van der Waals surface area (Å²) < 4.78 is 41.2. The maximum atomic E-state index is 13.3. The second-order valence-corrected chi connectivity index (χ2v) is 8.55. The fourth-order valence-electron chi connectivity index (χ4n) is 3.60. The molecule has 0 bridgehead atoms. The van der Waals surface area contributed by atoms with Crippen molar-refractivity contribution in [2.24, 2.45) is 0 Å². The number of urea groups is 1. The van der Waals surface area contributed by atoms with Gasteiger partial charge in [0.15, 0.2) is 0 Å². The molecule has 0 saturated carbocycles. The van der Waals surface area contributed by atoms with Gasteiger partial charge in [0.2, 0.25) is 0 Å². The lowest BCUT2D eigenvalue weighted by molar-refractivity contribution is -0.274. The van der Waals surface area contributed by atoms with Crippen molar-refractivity contribution in [2.75, 3.05) is 10.2 Å². The molecule has 0 spiro atoms. The molecule has 0 atom stereocenters. The third-order valence-electron chi connectivity index (χ3n) is 5.28. The van der Waals surface area contributed by atoms with Crippen molar-refractivity contribution in [2.45, 2.75) is 32.3 Å². The molecular weight excluding hydrogens is 487 g/mol. The highest BCUT2D eigenvalue weighted by Crippen LogP contribution is 2.35. The number of ether oxygens (including phenoxy) is 1. The van der Waals surface area contributed by atoms with Crippen LogP contribution >= 0.6 is 11.6 Å². The quantitative estimate of drug-likeness (QED) is 0.350. The van der Waals surface area contributed by atoms with E-state index in [1.54, 1.807) is 50.5 Å². The molecular formula is C23H19ClF3N5O3. The van der Waals surface area contributed by atoms with Gasteiger partial charge in [-0.25, -0.2) is 14.7 Å². The van der Waals surface area contributed by atoms with Crippen LogP contribution in [0.4, 0.5) is 35.2 Å². The molecule has 0 aliphatic carbocycles. The summed E-state index contributed by atoms with van der Waals surface area (Å²) in [5.74, 6) is -0.564. The second kappa shape index (κ2) is 9.06. The maximum absolute atomic E-state index is 13.3. The van der Waals surface area contributed by atoms with Crippen LogP contribution in [0.1, 0.15) is 19.4 Å². The van der Waals surface area contributed by atoms with E-state index in [-0.39, 0.29) is 17.4 Å². The lowest BCUT2D eigenvalue weighted by Crippen LogP contribution is -2.43. The SMILES string of the molecule is CC1(C)C(=O)N(c2ccc(OC(F)(F)F)cc2)C(=O)N1Cc1cc(Cl)nc(Nc2cccnc2)c1. The summed E-state index contributed by atoms with van der Waals surface area (Å²) in [5, 5.41) is 3.26. The Kier molecular flexibility index (Phi) is 6.28. The van der Waals surface area contributed by atoms with E-state index >= 15 is 0 Å². The first kappa shape index (κ1) is 24.3. The van der Waals surface area contributed by atoms with E-state index in [0.717, 1.165) is 17.0 Å². The Morgan fingerprint density at radius 3 is 2.46 bits per heavy atom. The van der Waals surface area contributed by atoms with E-state index in [1.807, 2.05) is 0 Å². The summed E-state index contributed by atoms with van der Waals surface area (Å²) in [4.78, 5) is 36.9. The first-order valence-corrected chi connectivity index (χ1v) is 10.7. The predicted molar refractivity (Wildman–Crippen MR) is 122 cm³/mol. The normalized spacial score (nSPS) is 15.5. The van der Waals surface area contributed by atoms with E-state index in [0.29, 0.717) is 17.1 Å². The number of hydrogen-bond acceptors (Lipinski definition) is 6. The summed E-state index contributed by atoms with van der Waals surface area (Å²) >= 11 is 6.18. The summed E-state index contributed by atoms with van der Waals surface area (Å²) in [6.45, 7) is 3.21. The van der Waals surface area contributed by atoms with Crippen LogP contribution in [-0.4, -0.2) is 38.7 Å². The Bertz CT molecular complexity index is 1250. The van der Waals surface area contributed by atoms with Gasteiger partial charge >= 0.3 is 12.4 Å². The minimum atomic E-state index is -4.85. The molecule has 3 heterocycles. The zero-order valence-electron chi connectivity index (χ0n) is 18.5. The molecule has 1 fully saturated rings. The van der Waals surface area contributed by atoms with Crippen LogP contribution in [0.5, 0.6) is 5.75 Å². The van der Waals surface area contributed by atoms with Crippen LogP contribution in [-0.2, 0) is 11.3 Å². The van der Waals surface area contributed by atoms with E-state index < -0.39 is 29.6 Å². The van der Waals surface area contributed by atoms with Crippen LogP contribution in [0.15, 0.2) is 60.9 Å². The third-order valence-corrected chi connectivity index (χ3v) is 5.47. The molecule has 12 heteroatoms. The number of rotatable bonds is 6. The number of benzene rings is 1. The van der Waals surface area contributed by atoms with Crippen LogP contribution in [0.2, 0.25) is 5.15 Å². The van der Waals surface area contributed by atoms with E-state index in [1.165, 1.54) is 17.0 Å². The van der Waals surface area contributed by atoms with E-state index in [9.17, 15) is 22.8 Å². The largest absolute Gasteiger partial charge is 0.573 e. The number of hydrogen-bond donors (Lipinski definition) is 1. The summed E-state index contributed by atoms with van der Waals surface area (Å²) in [6, 6.07) is 10.7. The number of pyridine rings is 2. The maximum Gasteiger partial charge on any atom is 0.573 e. The Hall–Kier alpha value is -3.86. The highest BCUT2D eigenvalue weighted by atomic mass is 35.5. The Morgan fingerprint density at radius 2 is 1.83 bits per heavy atom. The predicted octanol–water partition coefficient (Wildman–Crippen LogP) is 5.52. The van der Waals surface area contributed by atoms with Crippen molar-refractivity contribution in [1.82, 2.24) is 14.9 Å². The van der Waals surface area contributed by atoms with Crippen molar-refractivity contribution in [3.8, 4) is 5.75 Å². The number of carbonyl (C=O) groups excluding carboxylic acids is 2. The van der Waals surface area contributed by atoms with Gasteiger partial charge in [-0.2, -0.15) is 0 Å². The van der Waals surface area contributed by atoms with Crippen LogP contribution < -0.4 is 15.0 Å². The minimum Gasteiger partial charge on any atom is -0.406 e. The minimum absolute atomic E-state index is 0.0350. The summed E-state index contributed by atoms with van der Waals surface area (Å²) in [5.41, 5.74) is 0.188. The molecule has 1 aliphatic heterocycles. The van der Waals surface area contributed by atoms with Gasteiger partial charge in [0, 0.05) is 12.7 Å². The molecule has 8 nitrogen and oxygen atoms in total. The molecule has 1 aromatic carbocycles. The van der Waals surface area contributed by atoms with Crippen molar-refractivity contribution in [3.05, 3.63) is 71.6 Å². The number of aromatic nitrogens is 2. The topological polar surface area (TPSA) is 87.7 Å². The molecule has 1 saturated heterocycles. The molecule has 2 aromatic heterocycles. The van der Waals surface area contributed by atoms with E-state index in [4.69, 9.17) is 11.6 Å². The number of imide groups is 1. The van der Waals surface area contributed by atoms with E-state index in [2.05, 4.69) is 20.0 Å². The average molecular weight is 506 g/mol. The van der Waals surface area contributed by atoms with Gasteiger partial charge < -0.3 is 15.0 Å². The number of halogens is 4. The number of nitrogens with one attached hydrogen (secondary N) is 1. The van der Waals surface area contributed by atoms with Gasteiger partial charge in [0.25, 0.3) is 5.91 Å². The molecule has 0 radical (unpaired) electrons. The molecule has 1 aliphatic rings. The average Bonchev–Trinajstić information content (AvgIpc) is 2.93. The highest BCUT2D eigenvalue weighted by Gasteiger charge is 2.51. The molecule has 1 N–H and O–H groups in total. The van der Waals surface area contributed by atoms with Crippen molar-refractivity contribution in [3.63, 3.8) is 0 Å². The Labute approximate surface area is 203 Å². The van der Waals surface area contributed by atoms with Gasteiger partial charge in [-0.3, -0.25) is 9.78 Å². The molecule has 3 amide bonds. The molecule has 182 valence electrons. The molecule has 35 heavy (non-hydrogen) atoms. The van der Waals surface area contributed by atoms with Crippen molar-refractivity contribution >= 4 is 40.7 Å². The van der Waals surface area contributed by atoms with Crippen LogP contribution in [0.25, 0.3) is 0 Å². The van der Waals surface area contributed by atoms with Crippen LogP contribution in [0, 0.1) is 0 Å².